The van der Waals surface area contributed by atoms with E-state index in [2.05, 4.69) is 92.7 Å². The summed E-state index contributed by atoms with van der Waals surface area (Å²) < 4.78 is 1.54. The summed E-state index contributed by atoms with van der Waals surface area (Å²) in [6.45, 7) is 22.4. The number of nitrogens with two attached hydrogens (primary N) is 3. The number of rotatable bonds is 15. The molecule has 2 aromatic rings. The van der Waals surface area contributed by atoms with Crippen molar-refractivity contribution in [2.75, 3.05) is 76.2 Å². The first-order chi connectivity index (χ1) is 25.5. The lowest BCUT2D eigenvalue weighted by Gasteiger charge is -2.43. The smallest absolute Gasteiger partial charge is 0.349 e. The van der Waals surface area contributed by atoms with Crippen LogP contribution in [0.3, 0.4) is 0 Å². The number of likely N-dealkylation sites (tertiary alicyclic amines) is 1. The minimum Gasteiger partial charge on any atom is -0.370 e. The number of carbonyl (C=O) groups is 1. The number of nitrogens with zero attached hydrogens (tertiary/aromatic N) is 6. The van der Waals surface area contributed by atoms with Crippen LogP contribution in [0.1, 0.15) is 92.1 Å². The fourth-order valence-electron chi connectivity index (χ4n) is 6.85. The number of urea groups is 1. The second-order valence-corrected chi connectivity index (χ2v) is 16.9. The normalized spacial score (nSPS) is 16.6. The molecule has 1 aromatic carbocycles. The SMILES string of the molecule is CC(C)(C)NC(=O)Nc1ccn(CCC[C@H](CCCN=C(N)N)NCCCN)c(=O)n1.CN1CCC(N2CCN(c3ccc(C(C)(C)C)cc3)CC2)CC1. The van der Waals surface area contributed by atoms with Crippen molar-refractivity contribution in [3.63, 3.8) is 0 Å². The maximum atomic E-state index is 12.3. The molecule has 54 heavy (non-hydrogen) atoms. The average molecular weight is 753 g/mol. The predicted molar refractivity (Wildman–Crippen MR) is 224 cm³/mol. The lowest BCUT2D eigenvalue weighted by atomic mass is 9.87. The Morgan fingerprint density at radius 3 is 2.15 bits per heavy atom. The van der Waals surface area contributed by atoms with Crippen LogP contribution in [-0.4, -0.2) is 115 Å². The maximum absolute atomic E-state index is 12.3. The van der Waals surface area contributed by atoms with Crippen molar-refractivity contribution in [2.45, 2.75) is 116 Å². The zero-order chi connectivity index (χ0) is 39.7. The van der Waals surface area contributed by atoms with Crippen LogP contribution < -0.4 is 43.7 Å². The number of piperazine rings is 1. The van der Waals surface area contributed by atoms with E-state index >= 15 is 0 Å². The molecular formula is C40H72N12O2. The number of aliphatic imine (C=N–C) groups is 1. The first-order valence-corrected chi connectivity index (χ1v) is 20.0. The number of guanidine groups is 1. The van der Waals surface area contributed by atoms with Gasteiger partial charge in [0.15, 0.2) is 5.96 Å². The summed E-state index contributed by atoms with van der Waals surface area (Å²) in [6.07, 6.45) is 8.75. The summed E-state index contributed by atoms with van der Waals surface area (Å²) in [6, 6.07) is 11.6. The van der Waals surface area contributed by atoms with Crippen molar-refractivity contribution in [1.29, 1.82) is 0 Å². The monoisotopic (exact) mass is 753 g/mol. The molecule has 2 saturated heterocycles. The van der Waals surface area contributed by atoms with Gasteiger partial charge in [-0.05, 0) is 128 Å². The summed E-state index contributed by atoms with van der Waals surface area (Å²) in [5.74, 6) is 0.331. The number of hydrogen-bond donors (Lipinski definition) is 6. The number of hydrogen-bond acceptors (Lipinski definition) is 9. The highest BCUT2D eigenvalue weighted by molar-refractivity contribution is 5.88. The zero-order valence-corrected chi connectivity index (χ0v) is 34.4. The van der Waals surface area contributed by atoms with Gasteiger partial charge in [0.05, 0.1) is 0 Å². The molecule has 2 aliphatic heterocycles. The summed E-state index contributed by atoms with van der Waals surface area (Å²) in [7, 11) is 2.25. The van der Waals surface area contributed by atoms with Crippen LogP contribution in [-0.2, 0) is 12.0 Å². The van der Waals surface area contributed by atoms with E-state index in [9.17, 15) is 9.59 Å². The van der Waals surface area contributed by atoms with E-state index in [-0.39, 0.29) is 22.7 Å². The molecule has 2 fully saturated rings. The van der Waals surface area contributed by atoms with E-state index < -0.39 is 11.7 Å². The third kappa shape index (κ3) is 16.7. The number of amides is 2. The van der Waals surface area contributed by atoms with E-state index in [0.717, 1.165) is 44.7 Å². The van der Waals surface area contributed by atoms with Crippen LogP contribution in [0.2, 0.25) is 0 Å². The molecular weight excluding hydrogens is 681 g/mol. The van der Waals surface area contributed by atoms with E-state index in [1.54, 1.807) is 16.8 Å². The van der Waals surface area contributed by atoms with Gasteiger partial charge in [-0.1, -0.05) is 32.9 Å². The molecule has 4 rings (SSSR count). The largest absolute Gasteiger partial charge is 0.370 e. The van der Waals surface area contributed by atoms with Crippen molar-refractivity contribution in [1.82, 2.24) is 30.0 Å². The number of piperidine rings is 1. The van der Waals surface area contributed by atoms with Gasteiger partial charge in [-0.2, -0.15) is 4.98 Å². The molecule has 9 N–H and O–H groups in total. The molecule has 0 aliphatic carbocycles. The van der Waals surface area contributed by atoms with Gasteiger partial charge >= 0.3 is 11.7 Å². The summed E-state index contributed by atoms with van der Waals surface area (Å²) in [5.41, 5.74) is 18.6. The van der Waals surface area contributed by atoms with Crippen LogP contribution in [0.4, 0.5) is 16.3 Å². The standard InChI is InChI=1S/C20H39N9O2.C20H33N3/c1-20(2,3)28-18(30)26-16-9-14-29(19(31)27-16)13-5-8-15(24-12-6-10-21)7-4-11-25-17(22)23;1-20(2,3)17-5-7-18(8-6-17)22-13-15-23(16-14-22)19-9-11-21(4)12-10-19/h9,14-15,24H,4-8,10-13,21H2,1-3H3,(H4,22,23,25)(H2,26,27,28,30,31);5-8,19H,9-16H2,1-4H3/t15-;/m0./s1. The second kappa shape index (κ2) is 22.0. The average Bonchev–Trinajstić information content (AvgIpc) is 3.10. The highest BCUT2D eigenvalue weighted by Crippen LogP contribution is 2.26. The van der Waals surface area contributed by atoms with Crippen molar-refractivity contribution in [3.8, 4) is 0 Å². The van der Waals surface area contributed by atoms with Crippen LogP contribution in [0.5, 0.6) is 0 Å². The molecule has 0 radical (unpaired) electrons. The Morgan fingerprint density at radius 2 is 1.57 bits per heavy atom. The van der Waals surface area contributed by atoms with Gasteiger partial charge < -0.3 is 37.6 Å². The molecule has 1 aromatic heterocycles. The minimum absolute atomic E-state index is 0.105. The Bertz CT molecular complexity index is 1460. The van der Waals surface area contributed by atoms with Gasteiger partial charge in [-0.15, -0.1) is 0 Å². The Hall–Kier alpha value is -3.72. The Balaban J connectivity index is 0.000000302. The molecule has 3 heterocycles. The van der Waals surface area contributed by atoms with Gasteiger partial charge in [-0.3, -0.25) is 19.8 Å². The Morgan fingerprint density at radius 1 is 0.926 bits per heavy atom. The van der Waals surface area contributed by atoms with Gasteiger partial charge in [-0.25, -0.2) is 9.59 Å². The quantitative estimate of drug-likeness (QED) is 0.0893. The summed E-state index contributed by atoms with van der Waals surface area (Å²) in [5, 5.41) is 8.85. The van der Waals surface area contributed by atoms with Crippen molar-refractivity contribution < 1.29 is 4.79 Å². The number of aromatic nitrogens is 2. The van der Waals surface area contributed by atoms with Gasteiger partial charge in [0.2, 0.25) is 0 Å². The maximum Gasteiger partial charge on any atom is 0.349 e. The highest BCUT2D eigenvalue weighted by atomic mass is 16.2. The summed E-state index contributed by atoms with van der Waals surface area (Å²) >= 11 is 0. The number of aryl methyl sites for hydroxylation is 1. The van der Waals surface area contributed by atoms with Crippen molar-refractivity contribution in [3.05, 3.63) is 52.6 Å². The van der Waals surface area contributed by atoms with Gasteiger partial charge in [0.25, 0.3) is 0 Å². The van der Waals surface area contributed by atoms with E-state index in [0.29, 0.717) is 25.7 Å². The lowest BCUT2D eigenvalue weighted by molar-refractivity contribution is 0.115. The molecule has 14 heteroatoms. The van der Waals surface area contributed by atoms with Crippen molar-refractivity contribution in [2.24, 2.45) is 22.2 Å². The fraction of sp³-hybridized carbons (Fsp3) is 0.700. The molecule has 0 saturated carbocycles. The molecule has 14 nitrogen and oxygen atoms in total. The molecule has 2 aliphatic rings. The number of benzene rings is 1. The van der Waals surface area contributed by atoms with E-state index in [4.69, 9.17) is 17.2 Å². The number of nitrogens with one attached hydrogen (secondary N) is 3. The lowest BCUT2D eigenvalue weighted by Crippen LogP contribution is -2.53. The zero-order valence-electron chi connectivity index (χ0n) is 34.4. The molecule has 304 valence electrons. The Labute approximate surface area is 324 Å². The van der Waals surface area contributed by atoms with Crippen LogP contribution in [0.15, 0.2) is 46.3 Å². The minimum atomic E-state index is -0.399. The van der Waals surface area contributed by atoms with Gasteiger partial charge in [0.1, 0.15) is 5.82 Å². The van der Waals surface area contributed by atoms with Crippen LogP contribution >= 0.6 is 0 Å². The molecule has 1 atom stereocenters. The molecule has 2 amide bonds. The third-order valence-corrected chi connectivity index (χ3v) is 9.99. The molecule has 0 bridgehead atoms. The number of anilines is 2. The summed E-state index contributed by atoms with van der Waals surface area (Å²) in [4.78, 5) is 39.9. The van der Waals surface area contributed by atoms with E-state index in [1.807, 2.05) is 20.8 Å². The van der Waals surface area contributed by atoms with E-state index in [1.165, 1.54) is 63.4 Å². The first kappa shape index (κ1) is 44.7. The topological polar surface area (TPSA) is 188 Å². The second-order valence-electron chi connectivity index (χ2n) is 16.9. The fourth-order valence-corrected chi connectivity index (χ4v) is 6.85. The first-order valence-electron chi connectivity index (χ1n) is 20.0. The predicted octanol–water partition coefficient (Wildman–Crippen LogP) is 3.50. The highest BCUT2D eigenvalue weighted by Gasteiger charge is 2.26. The molecule has 0 unspecified atom stereocenters. The van der Waals surface area contributed by atoms with Crippen LogP contribution in [0.25, 0.3) is 0 Å². The Kier molecular flexibility index (Phi) is 18.2. The third-order valence-electron chi connectivity index (χ3n) is 9.99. The molecule has 0 spiro atoms. The van der Waals surface area contributed by atoms with Gasteiger partial charge in [0, 0.05) is 68.8 Å². The van der Waals surface area contributed by atoms with Crippen LogP contribution in [0, 0.1) is 0 Å². The number of carbonyl (C=O) groups excluding carboxylic acids is 1. The van der Waals surface area contributed by atoms with Crippen molar-refractivity contribution >= 4 is 23.5 Å².